The molecule has 1 heterocycles. The molecule has 3 aliphatic rings. The van der Waals surface area contributed by atoms with Crippen molar-refractivity contribution in [3.63, 3.8) is 0 Å². The zero-order valence-corrected chi connectivity index (χ0v) is 16.6. The molecular formula is C20H34O4. The molecule has 0 aromatic heterocycles. The molecule has 2 aliphatic carbocycles. The summed E-state index contributed by atoms with van der Waals surface area (Å²) in [7, 11) is 0. The fraction of sp³-hybridized carbons (Fsp3) is 0.950. The first kappa shape index (κ1) is 18.2. The number of carbonyl (C=O) groups is 1. The fourth-order valence-electron chi connectivity index (χ4n) is 5.23. The van der Waals surface area contributed by atoms with Crippen LogP contribution in [0.5, 0.6) is 0 Å². The number of hydrogen-bond donors (Lipinski definition) is 0. The summed E-state index contributed by atoms with van der Waals surface area (Å²) in [5.41, 5.74) is -0.186. The molecular weight excluding hydrogens is 304 g/mol. The first-order chi connectivity index (χ1) is 10.8. The van der Waals surface area contributed by atoms with Crippen molar-refractivity contribution in [3.8, 4) is 0 Å². The second-order valence-electron chi connectivity index (χ2n) is 10.2. The van der Waals surface area contributed by atoms with Gasteiger partial charge in [0.05, 0.1) is 18.6 Å². The summed E-state index contributed by atoms with van der Waals surface area (Å²) in [4.78, 5) is 12.6. The summed E-state index contributed by atoms with van der Waals surface area (Å²) in [6, 6.07) is 0. The highest BCUT2D eigenvalue weighted by Crippen LogP contribution is 2.72. The molecule has 1 saturated heterocycles. The van der Waals surface area contributed by atoms with Crippen LogP contribution in [0.25, 0.3) is 0 Å². The molecule has 2 bridgehead atoms. The van der Waals surface area contributed by atoms with Crippen LogP contribution in [0.3, 0.4) is 0 Å². The van der Waals surface area contributed by atoms with Gasteiger partial charge < -0.3 is 14.2 Å². The van der Waals surface area contributed by atoms with Crippen LogP contribution in [-0.2, 0) is 19.0 Å². The number of hydrogen-bond acceptors (Lipinski definition) is 4. The van der Waals surface area contributed by atoms with Crippen molar-refractivity contribution in [2.75, 3.05) is 0 Å². The van der Waals surface area contributed by atoms with Crippen molar-refractivity contribution in [2.45, 2.75) is 98.8 Å². The molecule has 1 unspecified atom stereocenters. The van der Waals surface area contributed by atoms with Crippen LogP contribution in [0.1, 0.15) is 74.7 Å². The van der Waals surface area contributed by atoms with Gasteiger partial charge in [-0.3, -0.25) is 4.79 Å². The van der Waals surface area contributed by atoms with Crippen LogP contribution >= 0.6 is 0 Å². The molecule has 6 atom stereocenters. The Kier molecular flexibility index (Phi) is 3.94. The van der Waals surface area contributed by atoms with Gasteiger partial charge in [0.15, 0.2) is 6.10 Å². The Morgan fingerprint density at radius 2 is 1.67 bits per heavy atom. The van der Waals surface area contributed by atoms with E-state index < -0.39 is 5.79 Å². The molecule has 3 rings (SSSR count). The zero-order valence-electron chi connectivity index (χ0n) is 16.6. The number of esters is 1. The smallest absolute Gasteiger partial charge is 0.306 e. The van der Waals surface area contributed by atoms with Crippen molar-refractivity contribution in [1.82, 2.24) is 0 Å². The van der Waals surface area contributed by atoms with Crippen LogP contribution in [0.2, 0.25) is 0 Å². The molecule has 0 radical (unpaired) electrons. The Labute approximate surface area is 146 Å². The van der Waals surface area contributed by atoms with Gasteiger partial charge in [-0.2, -0.15) is 0 Å². The van der Waals surface area contributed by atoms with E-state index in [2.05, 4.69) is 55.4 Å². The maximum atomic E-state index is 12.6. The van der Waals surface area contributed by atoms with Gasteiger partial charge in [-0.1, -0.05) is 41.5 Å². The van der Waals surface area contributed by atoms with E-state index in [-0.39, 0.29) is 46.4 Å². The van der Waals surface area contributed by atoms with Gasteiger partial charge in [0.1, 0.15) is 0 Å². The van der Waals surface area contributed by atoms with Crippen molar-refractivity contribution in [1.29, 1.82) is 0 Å². The molecule has 138 valence electrons. The van der Waals surface area contributed by atoms with E-state index in [1.807, 2.05) is 0 Å². The summed E-state index contributed by atoms with van der Waals surface area (Å²) in [6.07, 6.45) is 2.23. The molecule has 0 amide bonds. The standard InChI is InChI=1S/C20H34O4/c1-12-13(2)24-20(23-12)14-9-10-19(8,18(14,6)7)16(20)22-15(21)11-17(3,4)5/h12-14,16H,9-11H2,1-8H3/t12-,13+,14-,16-,19-,20?/m0/s1. The highest BCUT2D eigenvalue weighted by molar-refractivity contribution is 5.70. The van der Waals surface area contributed by atoms with Crippen LogP contribution < -0.4 is 0 Å². The second kappa shape index (κ2) is 5.20. The van der Waals surface area contributed by atoms with Crippen molar-refractivity contribution < 1.29 is 19.0 Å². The van der Waals surface area contributed by atoms with Gasteiger partial charge in [-0.05, 0) is 37.5 Å². The SMILES string of the molecule is C[C@@H]1OC2(O[C@@H]1C)[C@H]1CC[C@@](C)([C@@H]2OC(=O)CC(C)(C)C)C1(C)C. The number of fused-ring (bicyclic) bond motifs is 3. The first-order valence-corrected chi connectivity index (χ1v) is 9.39. The summed E-state index contributed by atoms with van der Waals surface area (Å²) >= 11 is 0. The summed E-state index contributed by atoms with van der Waals surface area (Å²) in [6.45, 7) is 17.1. The third-order valence-corrected chi connectivity index (χ3v) is 7.05. The fourth-order valence-corrected chi connectivity index (χ4v) is 5.23. The lowest BCUT2D eigenvalue weighted by Gasteiger charge is -2.42. The molecule has 24 heavy (non-hydrogen) atoms. The summed E-state index contributed by atoms with van der Waals surface area (Å²) in [5, 5.41) is 0. The first-order valence-electron chi connectivity index (χ1n) is 9.39. The van der Waals surface area contributed by atoms with E-state index in [4.69, 9.17) is 14.2 Å². The lowest BCUT2D eigenvalue weighted by molar-refractivity contribution is -0.271. The van der Waals surface area contributed by atoms with E-state index in [1.165, 1.54) is 0 Å². The van der Waals surface area contributed by atoms with Gasteiger partial charge in [0.2, 0.25) is 5.79 Å². The zero-order chi connectivity index (χ0) is 18.1. The van der Waals surface area contributed by atoms with Crippen LogP contribution in [0, 0.1) is 22.2 Å². The molecule has 1 spiro atoms. The molecule has 0 aromatic rings. The number of rotatable bonds is 2. The normalized spacial score (nSPS) is 46.7. The molecule has 1 aliphatic heterocycles. The number of ether oxygens (including phenoxy) is 3. The predicted octanol–water partition coefficient (Wildman–Crippen LogP) is 4.31. The molecule has 4 nitrogen and oxygen atoms in total. The molecule has 0 N–H and O–H groups in total. The highest BCUT2D eigenvalue weighted by Gasteiger charge is 2.78. The van der Waals surface area contributed by atoms with Crippen molar-refractivity contribution in [2.24, 2.45) is 22.2 Å². The minimum Gasteiger partial charge on any atom is -0.456 e. The Hall–Kier alpha value is -0.610. The topological polar surface area (TPSA) is 44.8 Å². The third-order valence-electron chi connectivity index (χ3n) is 7.05. The highest BCUT2D eigenvalue weighted by atomic mass is 16.8. The van der Waals surface area contributed by atoms with E-state index in [0.29, 0.717) is 6.42 Å². The van der Waals surface area contributed by atoms with Crippen LogP contribution in [-0.4, -0.2) is 30.1 Å². The van der Waals surface area contributed by atoms with Crippen LogP contribution in [0.15, 0.2) is 0 Å². The van der Waals surface area contributed by atoms with Gasteiger partial charge in [0, 0.05) is 11.3 Å². The van der Waals surface area contributed by atoms with E-state index in [1.54, 1.807) is 0 Å². The molecule has 0 aromatic carbocycles. The maximum Gasteiger partial charge on any atom is 0.306 e. The molecule has 2 saturated carbocycles. The second-order valence-corrected chi connectivity index (χ2v) is 10.2. The van der Waals surface area contributed by atoms with Crippen molar-refractivity contribution in [3.05, 3.63) is 0 Å². The number of carbonyl (C=O) groups excluding carboxylic acids is 1. The van der Waals surface area contributed by atoms with E-state index >= 15 is 0 Å². The monoisotopic (exact) mass is 338 g/mol. The van der Waals surface area contributed by atoms with E-state index in [0.717, 1.165) is 12.8 Å². The Bertz CT molecular complexity index is 522. The van der Waals surface area contributed by atoms with Gasteiger partial charge >= 0.3 is 5.97 Å². The maximum absolute atomic E-state index is 12.6. The largest absolute Gasteiger partial charge is 0.456 e. The summed E-state index contributed by atoms with van der Waals surface area (Å²) in [5.74, 6) is -0.659. The third kappa shape index (κ3) is 2.36. The average Bonchev–Trinajstić information content (AvgIpc) is 2.84. The van der Waals surface area contributed by atoms with Crippen LogP contribution in [0.4, 0.5) is 0 Å². The molecule has 3 fully saturated rings. The van der Waals surface area contributed by atoms with E-state index in [9.17, 15) is 4.79 Å². The lowest BCUT2D eigenvalue weighted by Crippen LogP contribution is -2.53. The summed E-state index contributed by atoms with van der Waals surface area (Å²) < 4.78 is 18.9. The Morgan fingerprint density at radius 1 is 1.12 bits per heavy atom. The predicted molar refractivity (Wildman–Crippen MR) is 92.4 cm³/mol. The lowest BCUT2D eigenvalue weighted by atomic mass is 9.70. The minimum atomic E-state index is -0.775. The minimum absolute atomic E-state index is 0.0173. The molecule has 4 heteroatoms. The average molecular weight is 338 g/mol. The van der Waals surface area contributed by atoms with Gasteiger partial charge in [-0.25, -0.2) is 0 Å². The van der Waals surface area contributed by atoms with Gasteiger partial charge in [0.25, 0.3) is 0 Å². The Morgan fingerprint density at radius 3 is 2.17 bits per heavy atom. The van der Waals surface area contributed by atoms with Crippen molar-refractivity contribution >= 4 is 5.97 Å². The Balaban J connectivity index is 1.94. The van der Waals surface area contributed by atoms with Gasteiger partial charge in [-0.15, -0.1) is 0 Å². The quantitative estimate of drug-likeness (QED) is 0.704.